The SMILES string of the molecule is COC(=O)c1cn(C(=O)CN(c2ccc(Br)cc2)S(=O)(=O)c2ccccc2)c2ccccc12. The number of halogens is 1. The third kappa shape index (κ3) is 4.42. The zero-order chi connectivity index (χ0) is 23.6. The molecule has 0 aliphatic rings. The molecule has 0 amide bonds. The number of ether oxygens (including phenoxy) is 1. The molecule has 0 spiro atoms. The van der Waals surface area contributed by atoms with Crippen LogP contribution in [0.3, 0.4) is 0 Å². The van der Waals surface area contributed by atoms with Crippen LogP contribution >= 0.6 is 15.9 Å². The van der Waals surface area contributed by atoms with Crippen molar-refractivity contribution >= 4 is 54.4 Å². The number of hydrogen-bond acceptors (Lipinski definition) is 5. The number of methoxy groups -OCH3 is 1. The summed E-state index contributed by atoms with van der Waals surface area (Å²) in [4.78, 5) is 25.7. The Balaban J connectivity index is 1.80. The van der Waals surface area contributed by atoms with E-state index >= 15 is 0 Å². The number of hydrogen-bond donors (Lipinski definition) is 0. The predicted octanol–water partition coefficient (Wildman–Crippen LogP) is 4.73. The maximum atomic E-state index is 13.5. The molecule has 4 rings (SSSR count). The number of rotatable bonds is 6. The Hall–Kier alpha value is -3.43. The smallest absolute Gasteiger partial charge is 0.340 e. The third-order valence-corrected chi connectivity index (χ3v) is 7.43. The van der Waals surface area contributed by atoms with E-state index in [0.29, 0.717) is 16.6 Å². The third-order valence-electron chi connectivity index (χ3n) is 5.11. The summed E-state index contributed by atoms with van der Waals surface area (Å²) in [7, 11) is -2.78. The van der Waals surface area contributed by atoms with E-state index in [-0.39, 0.29) is 10.5 Å². The fraction of sp³-hybridized carbons (Fsp3) is 0.0833. The topological polar surface area (TPSA) is 85.7 Å². The molecular weight excluding hydrogens is 508 g/mol. The van der Waals surface area contributed by atoms with Crippen molar-refractivity contribution < 1.29 is 22.7 Å². The number of anilines is 1. The van der Waals surface area contributed by atoms with Crippen molar-refractivity contribution in [2.75, 3.05) is 18.0 Å². The van der Waals surface area contributed by atoms with Crippen molar-refractivity contribution in [1.82, 2.24) is 4.57 Å². The quantitative estimate of drug-likeness (QED) is 0.339. The van der Waals surface area contributed by atoms with E-state index in [0.717, 1.165) is 8.78 Å². The first-order valence-electron chi connectivity index (χ1n) is 9.88. The maximum absolute atomic E-state index is 13.5. The summed E-state index contributed by atoms with van der Waals surface area (Å²) >= 11 is 3.34. The van der Waals surface area contributed by atoms with E-state index in [4.69, 9.17) is 4.74 Å². The van der Waals surface area contributed by atoms with Crippen molar-refractivity contribution in [3.05, 3.63) is 95.1 Å². The van der Waals surface area contributed by atoms with Gasteiger partial charge in [0.05, 0.1) is 28.8 Å². The normalized spacial score (nSPS) is 11.3. The van der Waals surface area contributed by atoms with Crippen molar-refractivity contribution in [2.24, 2.45) is 0 Å². The van der Waals surface area contributed by atoms with Crippen LogP contribution in [-0.4, -0.2) is 38.5 Å². The van der Waals surface area contributed by atoms with Crippen LogP contribution < -0.4 is 4.31 Å². The van der Waals surface area contributed by atoms with E-state index in [1.165, 1.54) is 30.0 Å². The number of fused-ring (bicyclic) bond motifs is 1. The van der Waals surface area contributed by atoms with Crippen molar-refractivity contribution in [3.63, 3.8) is 0 Å². The summed E-state index contributed by atoms with van der Waals surface area (Å²) in [5, 5.41) is 0.541. The summed E-state index contributed by atoms with van der Waals surface area (Å²) in [6.45, 7) is -0.474. The van der Waals surface area contributed by atoms with Gasteiger partial charge in [0.1, 0.15) is 6.54 Å². The molecule has 4 aromatic rings. The summed E-state index contributed by atoms with van der Waals surface area (Å²) in [6.07, 6.45) is 1.38. The number of carbonyl (C=O) groups is 2. The van der Waals surface area contributed by atoms with Gasteiger partial charge in [-0.15, -0.1) is 0 Å². The molecule has 0 fully saturated rings. The van der Waals surface area contributed by atoms with Crippen LogP contribution in [0, 0.1) is 0 Å². The lowest BCUT2D eigenvalue weighted by atomic mass is 10.2. The van der Waals surface area contributed by atoms with Crippen LogP contribution in [0.5, 0.6) is 0 Å². The Kier molecular flexibility index (Phi) is 6.35. The van der Waals surface area contributed by atoms with Gasteiger partial charge in [-0.25, -0.2) is 13.2 Å². The highest BCUT2D eigenvalue weighted by atomic mass is 79.9. The Labute approximate surface area is 199 Å². The van der Waals surface area contributed by atoms with E-state index in [1.807, 2.05) is 0 Å². The van der Waals surface area contributed by atoms with Gasteiger partial charge in [0.2, 0.25) is 0 Å². The zero-order valence-corrected chi connectivity index (χ0v) is 19.9. The molecular formula is C24H19BrN2O5S. The summed E-state index contributed by atoms with van der Waals surface area (Å²) in [5.74, 6) is -1.11. The number of carbonyl (C=O) groups excluding carboxylic acids is 2. The van der Waals surface area contributed by atoms with Crippen LogP contribution in [0.25, 0.3) is 10.9 Å². The minimum Gasteiger partial charge on any atom is -0.465 e. The standard InChI is InChI=1S/C24H19BrN2O5S/c1-32-24(29)21-15-26(22-10-6-5-9-20(21)22)23(28)16-27(18-13-11-17(25)12-14-18)33(30,31)19-7-3-2-4-8-19/h2-15H,16H2,1H3. The monoisotopic (exact) mass is 526 g/mol. The van der Waals surface area contributed by atoms with Crippen LogP contribution in [0.2, 0.25) is 0 Å². The van der Waals surface area contributed by atoms with Gasteiger partial charge in [0.15, 0.2) is 0 Å². The van der Waals surface area contributed by atoms with Gasteiger partial charge >= 0.3 is 5.97 Å². The average Bonchev–Trinajstić information content (AvgIpc) is 3.23. The Morgan fingerprint density at radius 3 is 2.24 bits per heavy atom. The van der Waals surface area contributed by atoms with Crippen LogP contribution in [-0.2, 0) is 14.8 Å². The van der Waals surface area contributed by atoms with Crippen LogP contribution in [0.1, 0.15) is 15.2 Å². The number of aromatic nitrogens is 1. The second-order valence-electron chi connectivity index (χ2n) is 7.12. The molecule has 0 aliphatic heterocycles. The van der Waals surface area contributed by atoms with Gasteiger partial charge in [-0.1, -0.05) is 52.3 Å². The van der Waals surface area contributed by atoms with Crippen molar-refractivity contribution in [2.45, 2.75) is 4.90 Å². The molecule has 9 heteroatoms. The highest BCUT2D eigenvalue weighted by molar-refractivity contribution is 9.10. The number of benzene rings is 3. The van der Waals surface area contributed by atoms with Gasteiger partial charge in [0, 0.05) is 16.1 Å². The molecule has 168 valence electrons. The first-order valence-corrected chi connectivity index (χ1v) is 12.1. The first-order chi connectivity index (χ1) is 15.8. The summed E-state index contributed by atoms with van der Waals surface area (Å²) in [6, 6.07) is 21.4. The average molecular weight is 527 g/mol. The minimum atomic E-state index is -4.05. The van der Waals surface area contributed by atoms with Gasteiger partial charge < -0.3 is 4.74 Å². The summed E-state index contributed by atoms with van der Waals surface area (Å²) < 4.78 is 34.9. The van der Waals surface area contributed by atoms with Crippen LogP contribution in [0.4, 0.5) is 5.69 Å². The fourth-order valence-corrected chi connectivity index (χ4v) is 5.20. The molecule has 0 saturated carbocycles. The van der Waals surface area contributed by atoms with E-state index in [9.17, 15) is 18.0 Å². The molecule has 0 saturated heterocycles. The van der Waals surface area contributed by atoms with Crippen molar-refractivity contribution in [3.8, 4) is 0 Å². The highest BCUT2D eigenvalue weighted by Gasteiger charge is 2.28. The predicted molar refractivity (Wildman–Crippen MR) is 129 cm³/mol. The lowest BCUT2D eigenvalue weighted by Gasteiger charge is -2.24. The highest BCUT2D eigenvalue weighted by Crippen LogP contribution is 2.27. The fourth-order valence-electron chi connectivity index (χ4n) is 3.50. The molecule has 3 aromatic carbocycles. The molecule has 1 heterocycles. The van der Waals surface area contributed by atoms with E-state index < -0.39 is 28.4 Å². The maximum Gasteiger partial charge on any atom is 0.340 e. The lowest BCUT2D eigenvalue weighted by molar-refractivity contribution is 0.0603. The molecule has 0 N–H and O–H groups in total. The zero-order valence-electron chi connectivity index (χ0n) is 17.5. The van der Waals surface area contributed by atoms with E-state index in [1.54, 1.807) is 66.7 Å². The molecule has 0 unspecified atom stereocenters. The second kappa shape index (κ2) is 9.21. The minimum absolute atomic E-state index is 0.0633. The Morgan fingerprint density at radius 2 is 1.58 bits per heavy atom. The molecule has 0 radical (unpaired) electrons. The summed E-state index contributed by atoms with van der Waals surface area (Å²) in [5.41, 5.74) is 1.04. The Morgan fingerprint density at radius 1 is 0.939 bits per heavy atom. The van der Waals surface area contributed by atoms with Gasteiger partial charge in [-0.3, -0.25) is 13.7 Å². The van der Waals surface area contributed by atoms with Gasteiger partial charge in [-0.2, -0.15) is 0 Å². The molecule has 0 aliphatic carbocycles. The molecule has 0 bridgehead atoms. The number of nitrogens with zero attached hydrogens (tertiary/aromatic N) is 2. The molecule has 33 heavy (non-hydrogen) atoms. The number of sulfonamides is 1. The first kappa shape index (κ1) is 22.8. The van der Waals surface area contributed by atoms with Crippen molar-refractivity contribution in [1.29, 1.82) is 0 Å². The molecule has 0 atom stereocenters. The number of para-hydroxylation sites is 1. The Bertz CT molecular complexity index is 1430. The molecule has 1 aromatic heterocycles. The lowest BCUT2D eigenvalue weighted by Crippen LogP contribution is -2.37. The number of esters is 1. The second-order valence-corrected chi connectivity index (χ2v) is 9.89. The van der Waals surface area contributed by atoms with E-state index in [2.05, 4.69) is 15.9 Å². The molecule has 7 nitrogen and oxygen atoms in total. The van der Waals surface area contributed by atoms with Gasteiger partial charge in [0.25, 0.3) is 15.9 Å². The van der Waals surface area contributed by atoms with Crippen LogP contribution in [0.15, 0.2) is 94.4 Å². The van der Waals surface area contributed by atoms with Gasteiger partial charge in [-0.05, 0) is 42.5 Å². The largest absolute Gasteiger partial charge is 0.465 e.